The van der Waals surface area contributed by atoms with E-state index in [-0.39, 0.29) is 10.8 Å². The SMILES string of the molecule is C[C@@H]1C[C@@H](C)CN(S(=O)(=O)c2ccc(C(=O)N3CCC(c4nncn4C)CC3)cc2)C1. The second-order valence-corrected chi connectivity index (χ2v) is 11.1. The molecule has 2 fully saturated rings. The number of sulfonamides is 1. The van der Waals surface area contributed by atoms with Crippen LogP contribution in [0.3, 0.4) is 0 Å². The number of aromatic nitrogens is 3. The van der Waals surface area contributed by atoms with E-state index in [1.54, 1.807) is 34.9 Å². The summed E-state index contributed by atoms with van der Waals surface area (Å²) in [5, 5.41) is 8.15. The molecule has 2 aromatic rings. The molecule has 31 heavy (non-hydrogen) atoms. The quantitative estimate of drug-likeness (QED) is 0.722. The molecule has 0 saturated carbocycles. The number of rotatable bonds is 4. The Morgan fingerprint density at radius 1 is 1.03 bits per heavy atom. The first kappa shape index (κ1) is 22.0. The molecule has 2 saturated heterocycles. The molecule has 2 atom stereocenters. The molecule has 0 bridgehead atoms. The standard InChI is InChI=1S/C22H31N5O3S/c1-16-12-17(2)14-27(13-16)31(29,30)20-6-4-19(5-7-20)22(28)26-10-8-18(9-11-26)21-24-23-15-25(21)3/h4-7,15-18H,8-14H2,1-3H3/t16-,17-/m1/s1. The maximum Gasteiger partial charge on any atom is 0.253 e. The third-order valence-electron chi connectivity index (χ3n) is 6.47. The van der Waals surface area contributed by atoms with Crippen LogP contribution in [0.15, 0.2) is 35.5 Å². The summed E-state index contributed by atoms with van der Waals surface area (Å²) in [5.74, 6) is 1.91. The van der Waals surface area contributed by atoms with E-state index in [2.05, 4.69) is 24.0 Å². The molecule has 0 radical (unpaired) electrons. The Morgan fingerprint density at radius 3 is 2.19 bits per heavy atom. The first-order valence-corrected chi connectivity index (χ1v) is 12.4. The van der Waals surface area contributed by atoms with Gasteiger partial charge >= 0.3 is 0 Å². The molecule has 0 aliphatic carbocycles. The minimum absolute atomic E-state index is 0.0550. The minimum Gasteiger partial charge on any atom is -0.339 e. The fourth-order valence-electron chi connectivity index (χ4n) is 4.91. The Kier molecular flexibility index (Phi) is 6.16. The molecule has 4 rings (SSSR count). The Bertz CT molecular complexity index is 1020. The first-order chi connectivity index (χ1) is 14.8. The number of likely N-dealkylation sites (tertiary alicyclic amines) is 1. The molecule has 3 heterocycles. The third kappa shape index (κ3) is 4.52. The normalized spacial score (nSPS) is 23.8. The maximum atomic E-state index is 13.1. The van der Waals surface area contributed by atoms with Crippen LogP contribution < -0.4 is 0 Å². The molecule has 1 aromatic carbocycles. The number of carbonyl (C=O) groups excluding carboxylic acids is 1. The molecule has 0 N–H and O–H groups in total. The van der Waals surface area contributed by atoms with Crippen molar-refractivity contribution in [3.63, 3.8) is 0 Å². The summed E-state index contributed by atoms with van der Waals surface area (Å²) in [6, 6.07) is 6.42. The van der Waals surface area contributed by atoms with Crippen molar-refractivity contribution in [2.24, 2.45) is 18.9 Å². The summed E-state index contributed by atoms with van der Waals surface area (Å²) in [7, 11) is -1.60. The monoisotopic (exact) mass is 445 g/mol. The van der Waals surface area contributed by atoms with E-state index in [1.165, 1.54) is 0 Å². The molecule has 168 valence electrons. The summed E-state index contributed by atoms with van der Waals surface area (Å²) in [6.45, 7) is 6.59. The van der Waals surface area contributed by atoms with Crippen LogP contribution in [0.5, 0.6) is 0 Å². The predicted molar refractivity (Wildman–Crippen MR) is 117 cm³/mol. The topological polar surface area (TPSA) is 88.4 Å². The van der Waals surface area contributed by atoms with Crippen molar-refractivity contribution < 1.29 is 13.2 Å². The van der Waals surface area contributed by atoms with Crippen molar-refractivity contribution in [1.29, 1.82) is 0 Å². The number of piperidine rings is 2. The summed E-state index contributed by atoms with van der Waals surface area (Å²) in [6.07, 6.45) is 4.44. The molecular weight excluding hydrogens is 414 g/mol. The maximum absolute atomic E-state index is 13.1. The largest absolute Gasteiger partial charge is 0.339 e. The van der Waals surface area contributed by atoms with Crippen LogP contribution in [-0.2, 0) is 17.1 Å². The van der Waals surface area contributed by atoms with Crippen molar-refractivity contribution in [2.75, 3.05) is 26.2 Å². The summed E-state index contributed by atoms with van der Waals surface area (Å²) < 4.78 is 29.6. The average Bonchev–Trinajstić information content (AvgIpc) is 3.18. The lowest BCUT2D eigenvalue weighted by Crippen LogP contribution is -2.42. The zero-order valence-corrected chi connectivity index (χ0v) is 19.3. The van der Waals surface area contributed by atoms with Gasteiger partial charge in [0.15, 0.2) is 0 Å². The highest BCUT2D eigenvalue weighted by molar-refractivity contribution is 7.89. The van der Waals surface area contributed by atoms with Crippen molar-refractivity contribution in [3.8, 4) is 0 Å². The zero-order valence-electron chi connectivity index (χ0n) is 18.4. The van der Waals surface area contributed by atoms with Gasteiger partial charge in [0.25, 0.3) is 5.91 Å². The summed E-state index contributed by atoms with van der Waals surface area (Å²) in [4.78, 5) is 15.0. The highest BCUT2D eigenvalue weighted by Gasteiger charge is 2.32. The Labute approximate surface area is 184 Å². The van der Waals surface area contributed by atoms with Gasteiger partial charge in [-0.2, -0.15) is 4.31 Å². The Hall–Kier alpha value is -2.26. The fourth-order valence-corrected chi connectivity index (χ4v) is 6.59. The molecule has 8 nitrogen and oxygen atoms in total. The average molecular weight is 446 g/mol. The number of benzene rings is 1. The Balaban J connectivity index is 1.41. The molecule has 2 aliphatic heterocycles. The molecule has 1 aromatic heterocycles. The van der Waals surface area contributed by atoms with Gasteiger partial charge in [-0.15, -0.1) is 10.2 Å². The second kappa shape index (κ2) is 8.70. The van der Waals surface area contributed by atoms with E-state index in [9.17, 15) is 13.2 Å². The van der Waals surface area contributed by atoms with Crippen LogP contribution in [0.1, 0.15) is 55.2 Å². The molecule has 0 spiro atoms. The lowest BCUT2D eigenvalue weighted by molar-refractivity contribution is 0.0710. The van der Waals surface area contributed by atoms with Crippen molar-refractivity contribution in [1.82, 2.24) is 24.0 Å². The van der Waals surface area contributed by atoms with Crippen LogP contribution in [0, 0.1) is 11.8 Å². The van der Waals surface area contributed by atoms with Gasteiger partial charge in [-0.1, -0.05) is 13.8 Å². The molecule has 9 heteroatoms. The van der Waals surface area contributed by atoms with E-state index in [0.717, 1.165) is 25.1 Å². The molecule has 0 unspecified atom stereocenters. The van der Waals surface area contributed by atoms with Gasteiger partial charge in [0, 0.05) is 44.7 Å². The van der Waals surface area contributed by atoms with Gasteiger partial charge in [0.2, 0.25) is 10.0 Å². The number of hydrogen-bond donors (Lipinski definition) is 0. The van der Waals surface area contributed by atoms with Crippen LogP contribution >= 0.6 is 0 Å². The second-order valence-electron chi connectivity index (χ2n) is 9.16. The number of aryl methyl sites for hydroxylation is 1. The van der Waals surface area contributed by atoms with E-state index in [4.69, 9.17) is 0 Å². The van der Waals surface area contributed by atoms with Crippen LogP contribution in [0.2, 0.25) is 0 Å². The molecular formula is C22H31N5O3S. The van der Waals surface area contributed by atoms with E-state index in [0.29, 0.717) is 49.5 Å². The Morgan fingerprint density at radius 2 is 1.65 bits per heavy atom. The van der Waals surface area contributed by atoms with Gasteiger partial charge in [-0.05, 0) is 55.4 Å². The minimum atomic E-state index is -3.54. The van der Waals surface area contributed by atoms with Gasteiger partial charge in [0.1, 0.15) is 12.2 Å². The highest BCUT2D eigenvalue weighted by atomic mass is 32.2. The van der Waals surface area contributed by atoms with Gasteiger partial charge in [0.05, 0.1) is 4.90 Å². The first-order valence-electron chi connectivity index (χ1n) is 11.0. The van der Waals surface area contributed by atoms with E-state index in [1.807, 2.05) is 16.5 Å². The molecule has 1 amide bonds. The van der Waals surface area contributed by atoms with E-state index < -0.39 is 10.0 Å². The number of amides is 1. The molecule has 2 aliphatic rings. The van der Waals surface area contributed by atoms with Crippen molar-refractivity contribution in [3.05, 3.63) is 42.0 Å². The summed E-state index contributed by atoms with van der Waals surface area (Å²) in [5.41, 5.74) is 0.524. The van der Waals surface area contributed by atoms with E-state index >= 15 is 0 Å². The van der Waals surface area contributed by atoms with Gasteiger partial charge < -0.3 is 9.47 Å². The van der Waals surface area contributed by atoms with Crippen LogP contribution in [-0.4, -0.2) is 64.5 Å². The predicted octanol–water partition coefficient (Wildman–Crippen LogP) is 2.50. The number of carbonyl (C=O) groups is 1. The zero-order chi connectivity index (χ0) is 22.2. The number of hydrogen-bond acceptors (Lipinski definition) is 5. The highest BCUT2D eigenvalue weighted by Crippen LogP contribution is 2.28. The lowest BCUT2D eigenvalue weighted by atomic mass is 9.94. The smallest absolute Gasteiger partial charge is 0.253 e. The third-order valence-corrected chi connectivity index (χ3v) is 8.31. The van der Waals surface area contributed by atoms with Crippen molar-refractivity contribution >= 4 is 15.9 Å². The van der Waals surface area contributed by atoms with Gasteiger partial charge in [-0.3, -0.25) is 4.79 Å². The van der Waals surface area contributed by atoms with Gasteiger partial charge in [-0.25, -0.2) is 8.42 Å². The number of nitrogens with zero attached hydrogens (tertiary/aromatic N) is 5. The lowest BCUT2D eigenvalue weighted by Gasteiger charge is -2.34. The van der Waals surface area contributed by atoms with Crippen LogP contribution in [0.4, 0.5) is 0 Å². The summed E-state index contributed by atoms with van der Waals surface area (Å²) >= 11 is 0. The fraction of sp³-hybridized carbons (Fsp3) is 0.591. The van der Waals surface area contributed by atoms with Crippen LogP contribution in [0.25, 0.3) is 0 Å². The van der Waals surface area contributed by atoms with Crippen molar-refractivity contribution in [2.45, 2.75) is 43.9 Å².